The zero-order valence-corrected chi connectivity index (χ0v) is 13.0. The number of hydrogen-bond donors (Lipinski definition) is 1. The average Bonchev–Trinajstić information content (AvgIpc) is 3.15. The number of nitrogens with one attached hydrogen (secondary N) is 1. The molecule has 2 aliphatic rings. The molecule has 4 rings (SSSR count). The van der Waals surface area contributed by atoms with Crippen LogP contribution in [0.1, 0.15) is 42.5 Å². The van der Waals surface area contributed by atoms with Crippen LogP contribution in [0.5, 0.6) is 0 Å². The summed E-state index contributed by atoms with van der Waals surface area (Å²) in [6.07, 6.45) is 1.24. The summed E-state index contributed by atoms with van der Waals surface area (Å²) in [5.41, 5.74) is 0.173. The maximum Gasteiger partial charge on any atom is 0.264 e. The molecule has 1 aliphatic carbocycles. The van der Waals surface area contributed by atoms with Crippen LogP contribution in [0.15, 0.2) is 27.9 Å². The van der Waals surface area contributed by atoms with Gasteiger partial charge in [-0.15, -0.1) is 0 Å². The summed E-state index contributed by atoms with van der Waals surface area (Å²) in [5, 5.41) is 10.2. The zero-order chi connectivity index (χ0) is 17.4. The number of aromatic nitrogens is 2. The first kappa shape index (κ1) is 15.7. The Morgan fingerprint density at radius 1 is 1.32 bits per heavy atom. The molecule has 0 unspecified atom stereocenters. The summed E-state index contributed by atoms with van der Waals surface area (Å²) in [6.45, 7) is 0.0715. The number of nitrogens with zero attached hydrogens (tertiary/aromatic N) is 3. The lowest BCUT2D eigenvalue weighted by atomic mass is 10.0. The van der Waals surface area contributed by atoms with Crippen molar-refractivity contribution in [1.29, 1.82) is 0 Å². The van der Waals surface area contributed by atoms with Gasteiger partial charge in [0.25, 0.3) is 5.91 Å². The van der Waals surface area contributed by atoms with Crippen LogP contribution in [0.25, 0.3) is 0 Å². The summed E-state index contributed by atoms with van der Waals surface area (Å²) in [5.74, 6) is -0.317. The minimum atomic E-state index is -0.913. The molecule has 0 bridgehead atoms. The van der Waals surface area contributed by atoms with E-state index in [0.29, 0.717) is 17.6 Å². The van der Waals surface area contributed by atoms with Crippen molar-refractivity contribution in [2.75, 3.05) is 0 Å². The Kier molecular flexibility index (Phi) is 3.90. The lowest BCUT2D eigenvalue weighted by Crippen LogP contribution is -2.34. The molecule has 2 aromatic rings. The molecule has 130 valence electrons. The molecule has 1 fully saturated rings. The van der Waals surface area contributed by atoms with Crippen LogP contribution in [-0.2, 0) is 16.2 Å². The largest absolute Gasteiger partial charge is 0.382 e. The number of rotatable bonds is 5. The molecule has 25 heavy (non-hydrogen) atoms. The standard InChI is InChI=1S/C16H14F2N4O3/c17-9-3-4-11(18)10(5-9)12-6-13(24-21-12)16(23)19-7-14-20-15(22-25-14)8-1-2-8/h3-5,8,13H,1-2,6-7H2,(H,19,23)/t13-/m0/s1. The van der Waals surface area contributed by atoms with E-state index in [4.69, 9.17) is 9.36 Å². The quantitative estimate of drug-likeness (QED) is 0.893. The first-order valence-corrected chi connectivity index (χ1v) is 7.88. The minimum Gasteiger partial charge on any atom is -0.382 e. The molecule has 1 aliphatic heterocycles. The first-order valence-electron chi connectivity index (χ1n) is 7.88. The Morgan fingerprint density at radius 2 is 2.16 bits per heavy atom. The second-order valence-electron chi connectivity index (χ2n) is 6.00. The fourth-order valence-corrected chi connectivity index (χ4v) is 2.52. The van der Waals surface area contributed by atoms with Gasteiger partial charge in [-0.05, 0) is 31.0 Å². The normalized spacial score (nSPS) is 19.4. The molecule has 0 spiro atoms. The molecular weight excluding hydrogens is 334 g/mol. The van der Waals surface area contributed by atoms with E-state index in [0.717, 1.165) is 31.0 Å². The highest BCUT2D eigenvalue weighted by Crippen LogP contribution is 2.38. The topological polar surface area (TPSA) is 89.6 Å². The molecule has 1 saturated carbocycles. The fourth-order valence-electron chi connectivity index (χ4n) is 2.52. The molecule has 7 nitrogen and oxygen atoms in total. The molecule has 1 aromatic heterocycles. The van der Waals surface area contributed by atoms with Crippen molar-refractivity contribution in [3.8, 4) is 0 Å². The maximum absolute atomic E-state index is 13.8. The van der Waals surface area contributed by atoms with Crippen molar-refractivity contribution in [2.24, 2.45) is 5.16 Å². The summed E-state index contributed by atoms with van der Waals surface area (Å²) in [7, 11) is 0. The molecule has 0 radical (unpaired) electrons. The smallest absolute Gasteiger partial charge is 0.264 e. The highest BCUT2D eigenvalue weighted by Gasteiger charge is 2.31. The summed E-state index contributed by atoms with van der Waals surface area (Å²) < 4.78 is 32.1. The van der Waals surface area contributed by atoms with E-state index in [2.05, 4.69) is 20.6 Å². The van der Waals surface area contributed by atoms with Gasteiger partial charge in [-0.3, -0.25) is 4.79 Å². The van der Waals surface area contributed by atoms with Gasteiger partial charge in [0.2, 0.25) is 12.0 Å². The van der Waals surface area contributed by atoms with E-state index in [9.17, 15) is 13.6 Å². The highest BCUT2D eigenvalue weighted by molar-refractivity contribution is 6.04. The van der Waals surface area contributed by atoms with Gasteiger partial charge in [0.1, 0.15) is 11.6 Å². The summed E-state index contributed by atoms with van der Waals surface area (Å²) in [6, 6.07) is 3.04. The van der Waals surface area contributed by atoms with Crippen LogP contribution >= 0.6 is 0 Å². The van der Waals surface area contributed by atoms with Crippen molar-refractivity contribution in [2.45, 2.75) is 37.8 Å². The summed E-state index contributed by atoms with van der Waals surface area (Å²) >= 11 is 0. The van der Waals surface area contributed by atoms with E-state index in [1.165, 1.54) is 0 Å². The van der Waals surface area contributed by atoms with Crippen LogP contribution in [0.4, 0.5) is 8.78 Å². The van der Waals surface area contributed by atoms with Gasteiger partial charge >= 0.3 is 0 Å². The highest BCUT2D eigenvalue weighted by atomic mass is 19.1. The van der Waals surface area contributed by atoms with Crippen LogP contribution in [0.3, 0.4) is 0 Å². The minimum absolute atomic E-state index is 0.0127. The third kappa shape index (κ3) is 3.35. The van der Waals surface area contributed by atoms with E-state index in [-0.39, 0.29) is 24.2 Å². The summed E-state index contributed by atoms with van der Waals surface area (Å²) in [4.78, 5) is 21.4. The molecule has 1 N–H and O–H groups in total. The maximum atomic E-state index is 13.8. The van der Waals surface area contributed by atoms with Gasteiger partial charge in [-0.25, -0.2) is 8.78 Å². The number of carbonyl (C=O) groups excluding carboxylic acids is 1. The first-order chi connectivity index (χ1) is 12.1. The van der Waals surface area contributed by atoms with Crippen molar-refractivity contribution >= 4 is 11.6 Å². The predicted molar refractivity (Wildman–Crippen MR) is 80.5 cm³/mol. The lowest BCUT2D eigenvalue weighted by molar-refractivity contribution is -0.131. The van der Waals surface area contributed by atoms with Crippen LogP contribution < -0.4 is 5.32 Å². The molecular formula is C16H14F2N4O3. The molecule has 2 heterocycles. The van der Waals surface area contributed by atoms with Gasteiger partial charge in [-0.2, -0.15) is 4.98 Å². The van der Waals surface area contributed by atoms with Gasteiger partial charge in [0.15, 0.2) is 5.82 Å². The SMILES string of the molecule is O=C(NCc1nc(C2CC2)no1)[C@@H]1CC(c2cc(F)ccc2F)=NO1. The Balaban J connectivity index is 1.33. The molecule has 9 heteroatoms. The average molecular weight is 348 g/mol. The van der Waals surface area contributed by atoms with Crippen LogP contribution in [0, 0.1) is 11.6 Å². The third-order valence-electron chi connectivity index (χ3n) is 4.04. The fraction of sp³-hybridized carbons (Fsp3) is 0.375. The van der Waals surface area contributed by atoms with Crippen molar-refractivity contribution in [3.63, 3.8) is 0 Å². The number of amides is 1. The van der Waals surface area contributed by atoms with E-state index < -0.39 is 23.6 Å². The third-order valence-corrected chi connectivity index (χ3v) is 4.04. The lowest BCUT2D eigenvalue weighted by Gasteiger charge is -2.07. The Morgan fingerprint density at radius 3 is 2.96 bits per heavy atom. The molecule has 1 atom stereocenters. The van der Waals surface area contributed by atoms with Crippen molar-refractivity contribution in [3.05, 3.63) is 47.1 Å². The molecule has 1 aromatic carbocycles. The van der Waals surface area contributed by atoms with Crippen LogP contribution in [0.2, 0.25) is 0 Å². The van der Waals surface area contributed by atoms with Gasteiger partial charge in [0.05, 0.1) is 12.3 Å². The Labute approximate surface area is 141 Å². The second kappa shape index (κ2) is 6.23. The zero-order valence-electron chi connectivity index (χ0n) is 13.0. The van der Waals surface area contributed by atoms with Gasteiger partial charge in [-0.1, -0.05) is 10.3 Å². The second-order valence-corrected chi connectivity index (χ2v) is 6.00. The molecule has 0 saturated heterocycles. The monoisotopic (exact) mass is 348 g/mol. The number of oxime groups is 1. The van der Waals surface area contributed by atoms with E-state index in [1.54, 1.807) is 0 Å². The Hall–Kier alpha value is -2.84. The number of carbonyl (C=O) groups is 1. The van der Waals surface area contributed by atoms with Crippen molar-refractivity contribution in [1.82, 2.24) is 15.5 Å². The van der Waals surface area contributed by atoms with Gasteiger partial charge in [0, 0.05) is 17.9 Å². The molecule has 1 amide bonds. The number of hydrogen-bond acceptors (Lipinski definition) is 6. The van der Waals surface area contributed by atoms with Crippen LogP contribution in [-0.4, -0.2) is 27.9 Å². The number of benzene rings is 1. The number of halogens is 2. The van der Waals surface area contributed by atoms with E-state index in [1.807, 2.05) is 0 Å². The van der Waals surface area contributed by atoms with Crippen molar-refractivity contribution < 1.29 is 22.9 Å². The predicted octanol–water partition coefficient (Wildman–Crippen LogP) is 2.03. The Bertz CT molecular complexity index is 848. The van der Waals surface area contributed by atoms with E-state index >= 15 is 0 Å². The van der Waals surface area contributed by atoms with Gasteiger partial charge < -0.3 is 14.7 Å².